The summed E-state index contributed by atoms with van der Waals surface area (Å²) in [6.45, 7) is 0. The molecule has 0 aliphatic heterocycles. The summed E-state index contributed by atoms with van der Waals surface area (Å²) in [4.78, 5) is 10.6. The van der Waals surface area contributed by atoms with Gasteiger partial charge in [0.15, 0.2) is 0 Å². The van der Waals surface area contributed by atoms with E-state index in [2.05, 4.69) is 5.43 Å². The molecule has 1 aliphatic rings. The van der Waals surface area contributed by atoms with Crippen molar-refractivity contribution >= 4 is 5.97 Å². The highest BCUT2D eigenvalue weighted by atomic mass is 35.5. The third-order valence-electron chi connectivity index (χ3n) is 2.30. The number of rotatable bonds is 2. The minimum absolute atomic E-state index is 0. The largest absolute Gasteiger partial charge is 1.00 e. The van der Waals surface area contributed by atoms with E-state index in [-0.39, 0.29) is 25.8 Å². The van der Waals surface area contributed by atoms with Gasteiger partial charge in [-0.2, -0.15) is 0 Å². The summed E-state index contributed by atoms with van der Waals surface area (Å²) in [6, 6.07) is -0.0266. The van der Waals surface area contributed by atoms with Crippen LogP contribution in [0, 0.1) is 5.92 Å². The van der Waals surface area contributed by atoms with Gasteiger partial charge in [0.2, 0.25) is 0 Å². The van der Waals surface area contributed by atoms with Crippen LogP contribution < -0.4 is 23.7 Å². The molecule has 72 valence electrons. The maximum Gasteiger partial charge on any atom is 1.00 e. The van der Waals surface area contributed by atoms with E-state index in [0.717, 1.165) is 25.7 Å². The Labute approximate surface area is 79.4 Å². The van der Waals surface area contributed by atoms with E-state index in [1.807, 2.05) is 0 Å². The summed E-state index contributed by atoms with van der Waals surface area (Å²) in [5.74, 6) is 4.21. The molecule has 0 bridgehead atoms. The lowest BCUT2D eigenvalue weighted by Crippen LogP contribution is -3.00. The Bertz CT molecular complexity index is 159. The molecular formula is C7H15ClN2O2. The molecular weight excluding hydrogens is 180 g/mol. The molecule has 1 rings (SSSR count). The van der Waals surface area contributed by atoms with Crippen molar-refractivity contribution in [1.29, 1.82) is 0 Å². The Hall–Kier alpha value is -0.320. The molecule has 1 fully saturated rings. The number of nitrogens with two attached hydrogens (primary N) is 1. The van der Waals surface area contributed by atoms with Crippen LogP contribution in [0.2, 0.25) is 0 Å². The lowest BCUT2D eigenvalue weighted by molar-refractivity contribution is -0.143. The molecule has 0 heterocycles. The number of carbonyl (C=O) groups is 1. The van der Waals surface area contributed by atoms with Crippen molar-refractivity contribution in [2.45, 2.75) is 31.7 Å². The maximum absolute atomic E-state index is 10.6. The molecule has 0 aromatic rings. The number of carboxylic acids is 1. The second-order valence-corrected chi connectivity index (χ2v) is 3.00. The van der Waals surface area contributed by atoms with Gasteiger partial charge in [-0.1, -0.05) is 12.8 Å². The van der Waals surface area contributed by atoms with E-state index in [1.165, 1.54) is 0 Å². The first-order chi connectivity index (χ1) is 5.25. The first kappa shape index (κ1) is 11.7. The first-order valence-electron chi connectivity index (χ1n) is 3.94. The fourth-order valence-corrected chi connectivity index (χ4v) is 1.63. The average Bonchev–Trinajstić information content (AvgIpc) is 2.04. The average molecular weight is 195 g/mol. The molecule has 0 aromatic heterocycles. The zero-order valence-electron chi connectivity index (χ0n) is 7.79. The summed E-state index contributed by atoms with van der Waals surface area (Å²) in [5, 5.41) is 8.74. The van der Waals surface area contributed by atoms with Crippen molar-refractivity contribution in [2.24, 2.45) is 11.8 Å². The van der Waals surface area contributed by atoms with Crippen molar-refractivity contribution in [3.05, 3.63) is 0 Å². The Balaban J connectivity index is 0. The molecule has 4 nitrogen and oxygen atoms in total. The highest BCUT2D eigenvalue weighted by molar-refractivity contribution is 5.71. The van der Waals surface area contributed by atoms with E-state index in [9.17, 15) is 4.79 Å². The van der Waals surface area contributed by atoms with E-state index in [0.29, 0.717) is 0 Å². The summed E-state index contributed by atoms with van der Waals surface area (Å²) in [6.07, 6.45) is 3.73. The number of halogens is 1. The van der Waals surface area contributed by atoms with Gasteiger partial charge in [0, 0.05) is 6.04 Å². The van der Waals surface area contributed by atoms with Crippen LogP contribution in [0.3, 0.4) is 0 Å². The Morgan fingerprint density at radius 1 is 1.50 bits per heavy atom. The minimum atomic E-state index is -0.729. The van der Waals surface area contributed by atoms with Gasteiger partial charge in [0.1, 0.15) is 0 Å². The molecule has 2 atom stereocenters. The highest BCUT2D eigenvalue weighted by Gasteiger charge is 2.29. The second-order valence-electron chi connectivity index (χ2n) is 3.00. The molecule has 2 unspecified atom stereocenters. The lowest BCUT2D eigenvalue weighted by atomic mass is 9.85. The van der Waals surface area contributed by atoms with Crippen LogP contribution in [0.4, 0.5) is 0 Å². The zero-order chi connectivity index (χ0) is 8.27. The molecule has 5 heteroatoms. The Morgan fingerprint density at radius 2 is 2.08 bits per heavy atom. The molecule has 1 aliphatic carbocycles. The fraction of sp³-hybridized carbons (Fsp3) is 0.857. The predicted octanol–water partition coefficient (Wildman–Crippen LogP) is -2.79. The van der Waals surface area contributed by atoms with Gasteiger partial charge in [-0.05, 0) is 12.8 Å². The smallest absolute Gasteiger partial charge is 1.00 e. The number of hydrogen-bond donors (Lipinski definition) is 3. The van der Waals surface area contributed by atoms with E-state index in [4.69, 9.17) is 10.9 Å². The fourth-order valence-electron chi connectivity index (χ4n) is 1.63. The minimum Gasteiger partial charge on any atom is -1.00 e. The number of hydrazine groups is 1. The molecule has 0 radical (unpaired) electrons. The summed E-state index contributed by atoms with van der Waals surface area (Å²) >= 11 is 0. The molecule has 4 N–H and O–H groups in total. The first-order valence-corrected chi connectivity index (χ1v) is 3.94. The SMILES string of the molecule is NNC1CCCCC1C(=O)O.[Cl-].[H+]. The van der Waals surface area contributed by atoms with E-state index >= 15 is 0 Å². The number of carboxylic acid groups (broad SMARTS) is 1. The van der Waals surface area contributed by atoms with Crippen molar-refractivity contribution in [3.8, 4) is 0 Å². The van der Waals surface area contributed by atoms with Gasteiger partial charge in [0.25, 0.3) is 0 Å². The topological polar surface area (TPSA) is 75.3 Å². The number of hydrogen-bond acceptors (Lipinski definition) is 3. The predicted molar refractivity (Wildman–Crippen MR) is 41.8 cm³/mol. The van der Waals surface area contributed by atoms with Gasteiger partial charge in [0.05, 0.1) is 5.92 Å². The highest BCUT2D eigenvalue weighted by Crippen LogP contribution is 2.23. The monoisotopic (exact) mass is 194 g/mol. The van der Waals surface area contributed by atoms with Gasteiger partial charge in [-0.15, -0.1) is 0 Å². The van der Waals surface area contributed by atoms with Crippen LogP contribution >= 0.6 is 0 Å². The maximum atomic E-state index is 10.6. The third kappa shape index (κ3) is 2.62. The molecule has 0 amide bonds. The van der Waals surface area contributed by atoms with Crippen molar-refractivity contribution < 1.29 is 23.7 Å². The van der Waals surface area contributed by atoms with Gasteiger partial charge < -0.3 is 17.5 Å². The molecule has 0 saturated heterocycles. The van der Waals surface area contributed by atoms with Crippen molar-refractivity contribution in [2.75, 3.05) is 0 Å². The molecule has 0 aromatic carbocycles. The van der Waals surface area contributed by atoms with Crippen LogP contribution in [-0.4, -0.2) is 17.1 Å². The Morgan fingerprint density at radius 3 is 2.50 bits per heavy atom. The van der Waals surface area contributed by atoms with Crippen LogP contribution in [0.15, 0.2) is 0 Å². The summed E-state index contributed by atoms with van der Waals surface area (Å²) in [5.41, 5.74) is 2.55. The van der Waals surface area contributed by atoms with Gasteiger partial charge in [-0.25, -0.2) is 0 Å². The quantitative estimate of drug-likeness (QED) is 0.328. The standard InChI is InChI=1S/C7H14N2O2.ClH/c8-9-6-4-2-1-3-5(6)7(10)11;/h5-6,9H,1-4,8H2,(H,10,11);1H. The third-order valence-corrected chi connectivity index (χ3v) is 2.30. The second kappa shape index (κ2) is 5.35. The molecule has 0 spiro atoms. The van der Waals surface area contributed by atoms with Crippen LogP contribution in [0.5, 0.6) is 0 Å². The summed E-state index contributed by atoms with van der Waals surface area (Å²) < 4.78 is 0. The Kier molecular flexibility index (Phi) is 5.20. The molecule has 12 heavy (non-hydrogen) atoms. The van der Waals surface area contributed by atoms with Gasteiger partial charge in [-0.3, -0.25) is 16.1 Å². The summed E-state index contributed by atoms with van der Waals surface area (Å²) in [7, 11) is 0. The van der Waals surface area contributed by atoms with E-state index < -0.39 is 5.97 Å². The zero-order valence-corrected chi connectivity index (χ0v) is 7.55. The van der Waals surface area contributed by atoms with Crippen molar-refractivity contribution in [1.82, 2.24) is 5.43 Å². The van der Waals surface area contributed by atoms with Crippen LogP contribution in [0.1, 0.15) is 27.1 Å². The van der Waals surface area contributed by atoms with Crippen LogP contribution in [0.25, 0.3) is 0 Å². The molecule has 1 saturated carbocycles. The van der Waals surface area contributed by atoms with Gasteiger partial charge >= 0.3 is 7.40 Å². The normalized spacial score (nSPS) is 29.1. The number of aliphatic carboxylic acids is 1. The van der Waals surface area contributed by atoms with E-state index in [1.54, 1.807) is 0 Å². The van der Waals surface area contributed by atoms with Crippen LogP contribution in [-0.2, 0) is 4.79 Å². The van der Waals surface area contributed by atoms with Crippen molar-refractivity contribution in [3.63, 3.8) is 0 Å². The lowest BCUT2D eigenvalue weighted by Gasteiger charge is -2.27. The number of nitrogens with one attached hydrogen (secondary N) is 1.